The van der Waals surface area contributed by atoms with E-state index >= 15 is 0 Å². The van der Waals surface area contributed by atoms with Crippen LogP contribution in [0.4, 0.5) is 11.9 Å². The van der Waals surface area contributed by atoms with Gasteiger partial charge in [0, 0.05) is 20.7 Å². The normalized spacial score (nSPS) is 16.6. The lowest BCUT2D eigenvalue weighted by molar-refractivity contribution is -0.0602. The highest BCUT2D eigenvalue weighted by Gasteiger charge is 2.36. The van der Waals surface area contributed by atoms with Gasteiger partial charge in [0.25, 0.3) is 0 Å². The fourth-order valence-corrected chi connectivity index (χ4v) is 2.08. The number of hydrogen-bond donors (Lipinski definition) is 2. The molecule has 7 heteroatoms. The van der Waals surface area contributed by atoms with Crippen LogP contribution in [-0.4, -0.2) is 47.4 Å². The molecule has 0 aliphatic heterocycles. The first-order chi connectivity index (χ1) is 9.57. The van der Waals surface area contributed by atoms with Crippen molar-refractivity contribution in [2.24, 2.45) is 0 Å². The largest absolute Gasteiger partial charge is 0.461 e. The minimum atomic E-state index is -0.0779. The quantitative estimate of drug-likeness (QED) is 0.787. The van der Waals surface area contributed by atoms with Crippen molar-refractivity contribution in [2.75, 3.05) is 31.3 Å². The highest BCUT2D eigenvalue weighted by atomic mass is 16.5. The lowest BCUT2D eigenvalue weighted by Crippen LogP contribution is -2.45. The van der Waals surface area contributed by atoms with Gasteiger partial charge in [-0.1, -0.05) is 0 Å². The number of aromatic nitrogens is 3. The van der Waals surface area contributed by atoms with Crippen LogP contribution in [-0.2, 0) is 4.74 Å². The maximum absolute atomic E-state index is 5.57. The monoisotopic (exact) mass is 281 g/mol. The number of methoxy groups -OCH3 is 1. The summed E-state index contributed by atoms with van der Waals surface area (Å²) in [6.45, 7) is 4.56. The average molecular weight is 281 g/mol. The number of ether oxygens (including phenoxy) is 2. The molecule has 1 aliphatic carbocycles. The minimum Gasteiger partial charge on any atom is -0.461 e. The van der Waals surface area contributed by atoms with Crippen molar-refractivity contribution < 1.29 is 9.47 Å². The molecular formula is C13H23N5O2. The van der Waals surface area contributed by atoms with E-state index in [1.54, 1.807) is 14.2 Å². The standard InChI is InChI=1S/C13H23N5O2/c1-9(2)20-12-17-10(14-3)16-11(18-12)15-8-13(19-4)6-5-7-13/h9H,5-8H2,1-4H3,(H2,14,15,16,17,18). The molecule has 0 amide bonds. The van der Waals surface area contributed by atoms with E-state index in [1.165, 1.54) is 6.42 Å². The molecule has 0 atom stereocenters. The summed E-state index contributed by atoms with van der Waals surface area (Å²) in [5, 5.41) is 6.13. The van der Waals surface area contributed by atoms with Crippen LogP contribution in [0.3, 0.4) is 0 Å². The second-order valence-electron chi connectivity index (χ2n) is 5.28. The highest BCUT2D eigenvalue weighted by molar-refractivity contribution is 5.35. The first kappa shape index (κ1) is 14.8. The van der Waals surface area contributed by atoms with Gasteiger partial charge in [0.2, 0.25) is 11.9 Å². The summed E-state index contributed by atoms with van der Waals surface area (Å²) in [5.41, 5.74) is -0.0779. The number of nitrogens with zero attached hydrogens (tertiary/aromatic N) is 3. The number of hydrogen-bond acceptors (Lipinski definition) is 7. The van der Waals surface area contributed by atoms with E-state index in [0.29, 0.717) is 24.5 Å². The van der Waals surface area contributed by atoms with Crippen molar-refractivity contribution in [1.29, 1.82) is 0 Å². The van der Waals surface area contributed by atoms with Gasteiger partial charge in [-0.15, -0.1) is 0 Å². The maximum Gasteiger partial charge on any atom is 0.323 e. The van der Waals surface area contributed by atoms with Crippen molar-refractivity contribution in [3.8, 4) is 6.01 Å². The third-order valence-electron chi connectivity index (χ3n) is 3.45. The van der Waals surface area contributed by atoms with Crippen LogP contribution < -0.4 is 15.4 Å². The van der Waals surface area contributed by atoms with Gasteiger partial charge in [-0.2, -0.15) is 15.0 Å². The molecule has 7 nitrogen and oxygen atoms in total. The third kappa shape index (κ3) is 3.47. The van der Waals surface area contributed by atoms with Gasteiger partial charge in [0.05, 0.1) is 11.7 Å². The van der Waals surface area contributed by atoms with Crippen molar-refractivity contribution in [1.82, 2.24) is 15.0 Å². The molecule has 1 aromatic heterocycles. The summed E-state index contributed by atoms with van der Waals surface area (Å²) >= 11 is 0. The molecule has 1 heterocycles. The van der Waals surface area contributed by atoms with Crippen LogP contribution in [0.1, 0.15) is 33.1 Å². The molecule has 112 valence electrons. The Labute approximate surface area is 119 Å². The fraction of sp³-hybridized carbons (Fsp3) is 0.769. The predicted molar refractivity (Wildman–Crippen MR) is 77.2 cm³/mol. The summed E-state index contributed by atoms with van der Waals surface area (Å²) in [5.74, 6) is 0.988. The van der Waals surface area contributed by atoms with Gasteiger partial charge in [-0.25, -0.2) is 0 Å². The van der Waals surface area contributed by atoms with Gasteiger partial charge < -0.3 is 20.1 Å². The number of nitrogens with one attached hydrogen (secondary N) is 2. The van der Waals surface area contributed by atoms with Crippen LogP contribution in [0, 0.1) is 0 Å². The Hall–Kier alpha value is -1.63. The second kappa shape index (κ2) is 6.21. The Morgan fingerprint density at radius 1 is 1.20 bits per heavy atom. The predicted octanol–water partition coefficient (Wildman–Crippen LogP) is 1.68. The summed E-state index contributed by atoms with van der Waals surface area (Å²) in [7, 11) is 3.52. The van der Waals surface area contributed by atoms with E-state index in [9.17, 15) is 0 Å². The van der Waals surface area contributed by atoms with Crippen LogP contribution in [0.2, 0.25) is 0 Å². The van der Waals surface area contributed by atoms with E-state index in [0.717, 1.165) is 12.8 Å². The average Bonchev–Trinajstić information content (AvgIpc) is 2.37. The van der Waals surface area contributed by atoms with Gasteiger partial charge in [-0.3, -0.25) is 0 Å². The Kier molecular flexibility index (Phi) is 4.59. The molecule has 0 unspecified atom stereocenters. The Bertz CT molecular complexity index is 443. The second-order valence-corrected chi connectivity index (χ2v) is 5.28. The van der Waals surface area contributed by atoms with E-state index in [-0.39, 0.29) is 11.7 Å². The lowest BCUT2D eigenvalue weighted by atomic mass is 9.80. The Balaban J connectivity index is 2.06. The zero-order chi connectivity index (χ0) is 14.6. The molecular weight excluding hydrogens is 258 g/mol. The summed E-state index contributed by atoms with van der Waals surface area (Å²) in [4.78, 5) is 12.7. The molecule has 0 spiro atoms. The molecule has 2 N–H and O–H groups in total. The summed E-state index contributed by atoms with van der Waals surface area (Å²) < 4.78 is 11.1. The van der Waals surface area contributed by atoms with Crippen molar-refractivity contribution in [2.45, 2.75) is 44.8 Å². The molecule has 0 bridgehead atoms. The third-order valence-corrected chi connectivity index (χ3v) is 3.45. The van der Waals surface area contributed by atoms with Gasteiger partial charge in [-0.05, 0) is 33.1 Å². The SMILES string of the molecule is CNc1nc(NCC2(OC)CCC2)nc(OC(C)C)n1. The first-order valence-corrected chi connectivity index (χ1v) is 6.96. The number of anilines is 2. The molecule has 2 rings (SSSR count). The molecule has 1 aliphatic rings. The lowest BCUT2D eigenvalue weighted by Gasteiger charge is -2.40. The van der Waals surface area contributed by atoms with Gasteiger partial charge in [0.15, 0.2) is 0 Å². The van der Waals surface area contributed by atoms with Crippen LogP contribution in [0.25, 0.3) is 0 Å². The van der Waals surface area contributed by atoms with E-state index < -0.39 is 0 Å². The molecule has 1 aromatic rings. The molecule has 0 aromatic carbocycles. The maximum atomic E-state index is 5.57. The van der Waals surface area contributed by atoms with Crippen molar-refractivity contribution in [3.05, 3.63) is 0 Å². The summed E-state index contributed by atoms with van der Waals surface area (Å²) in [6, 6.07) is 0.321. The molecule has 20 heavy (non-hydrogen) atoms. The van der Waals surface area contributed by atoms with Gasteiger partial charge >= 0.3 is 6.01 Å². The topological polar surface area (TPSA) is 81.2 Å². The Morgan fingerprint density at radius 2 is 1.90 bits per heavy atom. The van der Waals surface area contributed by atoms with E-state index in [1.807, 2.05) is 13.8 Å². The summed E-state index contributed by atoms with van der Waals surface area (Å²) in [6.07, 6.45) is 3.36. The van der Waals surface area contributed by atoms with Crippen molar-refractivity contribution in [3.63, 3.8) is 0 Å². The van der Waals surface area contributed by atoms with E-state index in [4.69, 9.17) is 9.47 Å². The van der Waals surface area contributed by atoms with Crippen LogP contribution >= 0.6 is 0 Å². The zero-order valence-electron chi connectivity index (χ0n) is 12.6. The smallest absolute Gasteiger partial charge is 0.323 e. The van der Waals surface area contributed by atoms with Crippen molar-refractivity contribution >= 4 is 11.9 Å². The molecule has 1 saturated carbocycles. The van der Waals surface area contributed by atoms with E-state index in [2.05, 4.69) is 25.6 Å². The highest BCUT2D eigenvalue weighted by Crippen LogP contribution is 2.34. The van der Waals surface area contributed by atoms with Crippen LogP contribution in [0.5, 0.6) is 6.01 Å². The number of rotatable bonds is 7. The molecule has 0 saturated heterocycles. The minimum absolute atomic E-state index is 0.0203. The molecule has 1 fully saturated rings. The molecule has 0 radical (unpaired) electrons. The Morgan fingerprint density at radius 3 is 2.40 bits per heavy atom. The zero-order valence-corrected chi connectivity index (χ0v) is 12.6. The van der Waals surface area contributed by atoms with Crippen LogP contribution in [0.15, 0.2) is 0 Å². The first-order valence-electron chi connectivity index (χ1n) is 6.96. The van der Waals surface area contributed by atoms with Gasteiger partial charge in [0.1, 0.15) is 0 Å². The fourth-order valence-electron chi connectivity index (χ4n) is 2.08.